The zero-order valence-corrected chi connectivity index (χ0v) is 21.8. The topological polar surface area (TPSA) is 0 Å². The Balaban J connectivity index is 1.37. The summed E-state index contributed by atoms with van der Waals surface area (Å²) in [6, 6.07) is 32.9. The molecule has 36 heavy (non-hydrogen) atoms. The fourth-order valence-corrected chi connectivity index (χ4v) is 7.01. The minimum absolute atomic E-state index is 1.18. The second-order valence-electron chi connectivity index (χ2n) is 10.5. The molecule has 1 heteroatoms. The van der Waals surface area contributed by atoms with Gasteiger partial charge in [-0.25, -0.2) is 0 Å². The van der Waals surface area contributed by atoms with Crippen molar-refractivity contribution in [1.82, 2.24) is 0 Å². The fraction of sp³-hybridized carbons (Fsp3) is 0.200. The van der Waals surface area contributed by atoms with Gasteiger partial charge in [-0.2, -0.15) is 0 Å². The van der Waals surface area contributed by atoms with Gasteiger partial charge in [-0.15, -0.1) is 11.3 Å². The molecule has 0 unspecified atom stereocenters. The molecule has 1 aromatic heterocycles. The summed E-state index contributed by atoms with van der Waals surface area (Å²) in [6.07, 6.45) is 6.44. The third-order valence-corrected chi connectivity index (χ3v) is 8.95. The SMILES string of the molecule is CCCCCCc1ccc2cc3cc4sc5cc6cc7ccc(C)cc7cc6cc5c4cc3cc2c1. The molecular weight excluding hydrogens is 452 g/mol. The standard InChI is InChI=1S/C35H30S/c1-3-4-5-6-7-23-9-11-25-15-31-21-35-33(19-29(31)17-27(25)13-23)32-18-28-16-26-12-22(2)8-10-24(26)14-30(28)20-34(32)36-35/h8-21H,3-7H2,1-2H3. The Labute approximate surface area is 216 Å². The highest BCUT2D eigenvalue weighted by Gasteiger charge is 2.10. The largest absolute Gasteiger partial charge is 0.135 e. The van der Waals surface area contributed by atoms with E-state index in [1.54, 1.807) is 0 Å². The molecule has 0 amide bonds. The lowest BCUT2D eigenvalue weighted by atomic mass is 9.97. The Hall–Kier alpha value is -3.42. The van der Waals surface area contributed by atoms with Crippen molar-refractivity contribution >= 4 is 74.6 Å². The fourth-order valence-electron chi connectivity index (χ4n) is 5.85. The molecule has 6 aromatic carbocycles. The Kier molecular flexibility index (Phi) is 5.22. The summed E-state index contributed by atoms with van der Waals surface area (Å²) < 4.78 is 2.75. The molecule has 0 radical (unpaired) electrons. The number of fused-ring (bicyclic) bond motifs is 7. The normalized spacial score (nSPS) is 12.2. The van der Waals surface area contributed by atoms with Gasteiger partial charge in [-0.05, 0) is 117 Å². The predicted octanol–water partition coefficient (Wildman–Crippen LogP) is 11.1. The van der Waals surface area contributed by atoms with Crippen LogP contribution in [0.25, 0.3) is 63.3 Å². The van der Waals surface area contributed by atoms with Gasteiger partial charge in [0.2, 0.25) is 0 Å². The summed E-state index contributed by atoms with van der Waals surface area (Å²) in [7, 11) is 0. The Morgan fingerprint density at radius 1 is 0.500 bits per heavy atom. The monoisotopic (exact) mass is 482 g/mol. The molecule has 0 nitrogen and oxygen atoms in total. The maximum Gasteiger partial charge on any atom is 0.0361 e. The highest BCUT2D eigenvalue weighted by Crippen LogP contribution is 2.40. The summed E-state index contributed by atoms with van der Waals surface area (Å²) >= 11 is 1.92. The van der Waals surface area contributed by atoms with Gasteiger partial charge >= 0.3 is 0 Å². The summed E-state index contributed by atoms with van der Waals surface area (Å²) in [5, 5.41) is 13.4. The molecule has 0 saturated carbocycles. The zero-order chi connectivity index (χ0) is 24.2. The average Bonchev–Trinajstić information content (AvgIpc) is 3.22. The molecule has 7 rings (SSSR count). The predicted molar refractivity (Wildman–Crippen MR) is 162 cm³/mol. The van der Waals surface area contributed by atoms with Crippen LogP contribution in [-0.2, 0) is 6.42 Å². The Morgan fingerprint density at radius 2 is 1.06 bits per heavy atom. The third-order valence-electron chi connectivity index (χ3n) is 7.84. The van der Waals surface area contributed by atoms with E-state index >= 15 is 0 Å². The van der Waals surface area contributed by atoms with Crippen LogP contribution < -0.4 is 0 Å². The molecule has 0 atom stereocenters. The van der Waals surface area contributed by atoms with Crippen LogP contribution in [0.15, 0.2) is 84.9 Å². The first kappa shape index (κ1) is 21.8. The zero-order valence-electron chi connectivity index (χ0n) is 21.0. The van der Waals surface area contributed by atoms with E-state index in [9.17, 15) is 0 Å². The number of hydrogen-bond donors (Lipinski definition) is 0. The van der Waals surface area contributed by atoms with Crippen LogP contribution in [0, 0.1) is 6.92 Å². The smallest absolute Gasteiger partial charge is 0.0361 e. The summed E-state index contributed by atoms with van der Waals surface area (Å²) in [5.74, 6) is 0. The van der Waals surface area contributed by atoms with Crippen molar-refractivity contribution in [2.24, 2.45) is 0 Å². The van der Waals surface area contributed by atoms with Crippen molar-refractivity contribution in [3.63, 3.8) is 0 Å². The van der Waals surface area contributed by atoms with Crippen LogP contribution in [0.4, 0.5) is 0 Å². The van der Waals surface area contributed by atoms with Crippen molar-refractivity contribution in [1.29, 1.82) is 0 Å². The van der Waals surface area contributed by atoms with Crippen molar-refractivity contribution < 1.29 is 0 Å². The van der Waals surface area contributed by atoms with Gasteiger partial charge in [-0.3, -0.25) is 0 Å². The van der Waals surface area contributed by atoms with E-state index in [1.165, 1.54) is 106 Å². The summed E-state index contributed by atoms with van der Waals surface area (Å²) in [4.78, 5) is 0. The van der Waals surface area contributed by atoms with Gasteiger partial charge < -0.3 is 0 Å². The van der Waals surface area contributed by atoms with E-state index in [0.29, 0.717) is 0 Å². The summed E-state index contributed by atoms with van der Waals surface area (Å²) in [6.45, 7) is 4.45. The molecule has 0 saturated heterocycles. The van der Waals surface area contributed by atoms with E-state index in [4.69, 9.17) is 0 Å². The van der Waals surface area contributed by atoms with E-state index in [1.807, 2.05) is 11.3 Å². The number of rotatable bonds is 5. The van der Waals surface area contributed by atoms with Crippen LogP contribution in [0.1, 0.15) is 43.7 Å². The van der Waals surface area contributed by atoms with E-state index in [-0.39, 0.29) is 0 Å². The number of benzene rings is 6. The van der Waals surface area contributed by atoms with Gasteiger partial charge in [-0.1, -0.05) is 68.1 Å². The van der Waals surface area contributed by atoms with Gasteiger partial charge in [0.15, 0.2) is 0 Å². The van der Waals surface area contributed by atoms with Gasteiger partial charge in [0.1, 0.15) is 0 Å². The van der Waals surface area contributed by atoms with Crippen molar-refractivity contribution in [2.45, 2.75) is 46.0 Å². The van der Waals surface area contributed by atoms with Crippen LogP contribution in [0.2, 0.25) is 0 Å². The highest BCUT2D eigenvalue weighted by molar-refractivity contribution is 7.26. The van der Waals surface area contributed by atoms with Crippen LogP contribution in [0.5, 0.6) is 0 Å². The first-order valence-electron chi connectivity index (χ1n) is 13.3. The lowest BCUT2D eigenvalue weighted by molar-refractivity contribution is 0.667. The second kappa shape index (κ2) is 8.61. The minimum atomic E-state index is 1.18. The van der Waals surface area contributed by atoms with Gasteiger partial charge in [0.25, 0.3) is 0 Å². The lowest BCUT2D eigenvalue weighted by Gasteiger charge is -2.07. The number of thiophene rings is 1. The molecule has 0 N–H and O–H groups in total. The summed E-state index contributed by atoms with van der Waals surface area (Å²) in [5.41, 5.74) is 2.78. The maximum absolute atomic E-state index is 2.42. The highest BCUT2D eigenvalue weighted by atomic mass is 32.1. The first-order valence-corrected chi connectivity index (χ1v) is 14.1. The quantitative estimate of drug-likeness (QED) is 0.169. The van der Waals surface area contributed by atoms with Gasteiger partial charge in [0.05, 0.1) is 0 Å². The van der Waals surface area contributed by atoms with E-state index in [2.05, 4.69) is 98.8 Å². The minimum Gasteiger partial charge on any atom is -0.135 e. The lowest BCUT2D eigenvalue weighted by Crippen LogP contribution is -1.86. The molecule has 0 aliphatic rings. The van der Waals surface area contributed by atoms with Crippen molar-refractivity contribution in [3.8, 4) is 0 Å². The Bertz CT molecular complexity index is 1940. The van der Waals surface area contributed by atoms with Crippen LogP contribution >= 0.6 is 11.3 Å². The van der Waals surface area contributed by atoms with E-state index < -0.39 is 0 Å². The number of aryl methyl sites for hydroxylation is 2. The molecule has 176 valence electrons. The first-order chi connectivity index (χ1) is 17.6. The molecular formula is C35H30S. The maximum atomic E-state index is 2.42. The molecule has 0 aliphatic carbocycles. The van der Waals surface area contributed by atoms with Crippen molar-refractivity contribution in [3.05, 3.63) is 96.1 Å². The average molecular weight is 483 g/mol. The molecule has 0 aliphatic heterocycles. The second-order valence-corrected chi connectivity index (χ2v) is 11.6. The molecule has 0 bridgehead atoms. The van der Waals surface area contributed by atoms with E-state index in [0.717, 1.165) is 0 Å². The van der Waals surface area contributed by atoms with Crippen molar-refractivity contribution in [2.75, 3.05) is 0 Å². The third kappa shape index (κ3) is 3.74. The number of unbranched alkanes of at least 4 members (excludes halogenated alkanes) is 3. The molecule has 1 heterocycles. The molecule has 0 fully saturated rings. The molecule has 7 aromatic rings. The number of hydrogen-bond acceptors (Lipinski definition) is 1. The van der Waals surface area contributed by atoms with Crippen LogP contribution in [-0.4, -0.2) is 0 Å². The Morgan fingerprint density at radius 3 is 1.72 bits per heavy atom. The molecule has 0 spiro atoms. The van der Waals surface area contributed by atoms with Gasteiger partial charge in [0, 0.05) is 20.2 Å². The van der Waals surface area contributed by atoms with Crippen LogP contribution in [0.3, 0.4) is 0 Å².